The summed E-state index contributed by atoms with van der Waals surface area (Å²) < 4.78 is 1.63. The van der Waals surface area contributed by atoms with Gasteiger partial charge in [-0.25, -0.2) is 4.68 Å². The lowest BCUT2D eigenvalue weighted by molar-refractivity contribution is 0.318. The highest BCUT2D eigenvalue weighted by Gasteiger charge is 2.13. The molecule has 0 saturated heterocycles. The molecule has 0 amide bonds. The predicted molar refractivity (Wildman–Crippen MR) is 58.6 cm³/mol. The predicted octanol–water partition coefficient (Wildman–Crippen LogP) is 0.670. The van der Waals surface area contributed by atoms with Crippen LogP contribution < -0.4 is 5.73 Å². The fourth-order valence-electron chi connectivity index (χ4n) is 1.43. The smallest absolute Gasteiger partial charge is 0.192 e. The van der Waals surface area contributed by atoms with Gasteiger partial charge in [0.2, 0.25) is 0 Å². The van der Waals surface area contributed by atoms with Gasteiger partial charge in [-0.1, -0.05) is 28.6 Å². The summed E-state index contributed by atoms with van der Waals surface area (Å²) in [4.78, 5) is 0. The molecule has 16 heavy (non-hydrogen) atoms. The average Bonchev–Trinajstić information content (AvgIpc) is 2.71. The second kappa shape index (κ2) is 4.01. The number of hydrogen-bond acceptors (Lipinski definition) is 4. The summed E-state index contributed by atoms with van der Waals surface area (Å²) in [5.41, 5.74) is 7.45. The molecular formula is C10H11N5O. The summed E-state index contributed by atoms with van der Waals surface area (Å²) in [5, 5.41) is 19.3. The van der Waals surface area contributed by atoms with Crippen molar-refractivity contribution in [2.75, 3.05) is 0 Å². The van der Waals surface area contributed by atoms with Gasteiger partial charge in [0.25, 0.3) is 0 Å². The van der Waals surface area contributed by atoms with E-state index >= 15 is 0 Å². The summed E-state index contributed by atoms with van der Waals surface area (Å²) in [6.45, 7) is 1.81. The lowest BCUT2D eigenvalue weighted by Gasteiger charge is -2.02. The number of aromatic nitrogens is 3. The van der Waals surface area contributed by atoms with Crippen LogP contribution in [0.25, 0.3) is 5.69 Å². The van der Waals surface area contributed by atoms with Crippen LogP contribution in [0.2, 0.25) is 0 Å². The molecule has 6 nitrogen and oxygen atoms in total. The standard InChI is InChI=1S/C10H11N5O/c1-7-9(10(11)13-16)12-14-15(7)8-5-3-2-4-6-8/h2-6,16H,1H3,(H2,11,13). The number of hydrogen-bond donors (Lipinski definition) is 2. The van der Waals surface area contributed by atoms with Gasteiger partial charge in [-0.15, -0.1) is 5.10 Å². The van der Waals surface area contributed by atoms with Gasteiger partial charge < -0.3 is 10.9 Å². The zero-order valence-electron chi connectivity index (χ0n) is 8.70. The van der Waals surface area contributed by atoms with E-state index in [2.05, 4.69) is 15.5 Å². The van der Waals surface area contributed by atoms with E-state index in [4.69, 9.17) is 10.9 Å². The molecule has 0 aliphatic heterocycles. The molecule has 0 fully saturated rings. The number of rotatable bonds is 2. The number of benzene rings is 1. The second-order valence-corrected chi connectivity index (χ2v) is 3.26. The maximum Gasteiger partial charge on any atom is 0.192 e. The van der Waals surface area contributed by atoms with Crippen LogP contribution in [0.5, 0.6) is 0 Å². The first-order chi connectivity index (χ1) is 7.74. The van der Waals surface area contributed by atoms with Crippen molar-refractivity contribution in [2.45, 2.75) is 6.92 Å². The minimum atomic E-state index is -0.0420. The molecule has 6 heteroatoms. The van der Waals surface area contributed by atoms with Crippen LogP contribution >= 0.6 is 0 Å². The Bertz CT molecular complexity index is 517. The molecule has 1 aromatic carbocycles. The highest BCUT2D eigenvalue weighted by atomic mass is 16.4. The number of nitrogens with two attached hydrogens (primary N) is 1. The Kier molecular flexibility index (Phi) is 2.55. The first-order valence-electron chi connectivity index (χ1n) is 4.69. The molecule has 0 aliphatic rings. The molecule has 0 unspecified atom stereocenters. The molecule has 1 aromatic heterocycles. The van der Waals surface area contributed by atoms with Crippen LogP contribution in [-0.4, -0.2) is 26.0 Å². The topological polar surface area (TPSA) is 89.3 Å². The van der Waals surface area contributed by atoms with Crippen LogP contribution in [0.4, 0.5) is 0 Å². The third-order valence-corrected chi connectivity index (χ3v) is 2.25. The Morgan fingerprint density at radius 2 is 2.06 bits per heavy atom. The molecule has 2 rings (SSSR count). The first-order valence-corrected chi connectivity index (χ1v) is 4.69. The van der Waals surface area contributed by atoms with E-state index in [9.17, 15) is 0 Å². The van der Waals surface area contributed by atoms with Crippen LogP contribution in [0.3, 0.4) is 0 Å². The Labute approximate surface area is 92.0 Å². The monoisotopic (exact) mass is 217 g/mol. The molecule has 0 radical (unpaired) electrons. The maximum absolute atomic E-state index is 8.58. The SMILES string of the molecule is Cc1c(/C(N)=N/O)nnn1-c1ccccc1. The van der Waals surface area contributed by atoms with Crippen LogP contribution in [0, 0.1) is 6.92 Å². The van der Waals surface area contributed by atoms with Crippen LogP contribution in [0.15, 0.2) is 35.5 Å². The van der Waals surface area contributed by atoms with Crippen molar-refractivity contribution in [1.29, 1.82) is 0 Å². The van der Waals surface area contributed by atoms with Crippen molar-refractivity contribution in [3.63, 3.8) is 0 Å². The van der Waals surface area contributed by atoms with Crippen molar-refractivity contribution in [1.82, 2.24) is 15.0 Å². The number of para-hydroxylation sites is 1. The van der Waals surface area contributed by atoms with Gasteiger partial charge in [0.1, 0.15) is 0 Å². The molecule has 0 atom stereocenters. The average molecular weight is 217 g/mol. The zero-order chi connectivity index (χ0) is 11.5. The molecule has 0 bridgehead atoms. The minimum absolute atomic E-state index is 0.0420. The Morgan fingerprint density at radius 1 is 1.38 bits per heavy atom. The zero-order valence-corrected chi connectivity index (χ0v) is 8.70. The Morgan fingerprint density at radius 3 is 2.69 bits per heavy atom. The van der Waals surface area contributed by atoms with Gasteiger partial charge in [-0.2, -0.15) is 0 Å². The van der Waals surface area contributed by atoms with Crippen molar-refractivity contribution in [3.8, 4) is 5.69 Å². The van der Waals surface area contributed by atoms with Crippen LogP contribution in [-0.2, 0) is 0 Å². The van der Waals surface area contributed by atoms with Gasteiger partial charge in [-0.05, 0) is 19.1 Å². The van der Waals surface area contributed by atoms with Gasteiger partial charge in [0, 0.05) is 0 Å². The van der Waals surface area contributed by atoms with E-state index < -0.39 is 0 Å². The van der Waals surface area contributed by atoms with Gasteiger partial charge in [0.05, 0.1) is 11.4 Å². The van der Waals surface area contributed by atoms with Crippen molar-refractivity contribution in [2.24, 2.45) is 10.9 Å². The van der Waals surface area contributed by atoms with Crippen molar-refractivity contribution in [3.05, 3.63) is 41.7 Å². The Hall–Kier alpha value is -2.37. The minimum Gasteiger partial charge on any atom is -0.409 e. The third-order valence-electron chi connectivity index (χ3n) is 2.25. The molecule has 0 spiro atoms. The lowest BCUT2D eigenvalue weighted by Crippen LogP contribution is -2.15. The van der Waals surface area contributed by atoms with Gasteiger partial charge >= 0.3 is 0 Å². The van der Waals surface area contributed by atoms with E-state index in [1.807, 2.05) is 30.3 Å². The fraction of sp³-hybridized carbons (Fsp3) is 0.100. The van der Waals surface area contributed by atoms with E-state index in [1.165, 1.54) is 0 Å². The molecule has 2 aromatic rings. The quantitative estimate of drug-likeness (QED) is 0.335. The number of oxime groups is 1. The Balaban J connectivity index is 2.50. The fourth-order valence-corrected chi connectivity index (χ4v) is 1.43. The largest absolute Gasteiger partial charge is 0.409 e. The van der Waals surface area contributed by atoms with Gasteiger partial charge in [-0.3, -0.25) is 0 Å². The van der Waals surface area contributed by atoms with Crippen molar-refractivity contribution >= 4 is 5.84 Å². The molecule has 1 heterocycles. The number of nitrogens with zero attached hydrogens (tertiary/aromatic N) is 4. The van der Waals surface area contributed by atoms with Gasteiger partial charge in [0.15, 0.2) is 11.5 Å². The van der Waals surface area contributed by atoms with Crippen LogP contribution in [0.1, 0.15) is 11.4 Å². The lowest BCUT2D eigenvalue weighted by atomic mass is 10.3. The first kappa shape index (κ1) is 10.2. The number of amidine groups is 1. The van der Waals surface area contributed by atoms with E-state index in [-0.39, 0.29) is 5.84 Å². The maximum atomic E-state index is 8.58. The van der Waals surface area contributed by atoms with E-state index in [0.717, 1.165) is 11.4 Å². The summed E-state index contributed by atoms with van der Waals surface area (Å²) in [6.07, 6.45) is 0. The molecule has 0 aliphatic carbocycles. The molecule has 3 N–H and O–H groups in total. The molecular weight excluding hydrogens is 206 g/mol. The normalized spacial score (nSPS) is 11.7. The summed E-state index contributed by atoms with van der Waals surface area (Å²) in [7, 11) is 0. The van der Waals surface area contributed by atoms with E-state index in [0.29, 0.717) is 5.69 Å². The molecule has 0 saturated carbocycles. The highest BCUT2D eigenvalue weighted by molar-refractivity contribution is 5.96. The summed E-state index contributed by atoms with van der Waals surface area (Å²) in [5.74, 6) is -0.0420. The van der Waals surface area contributed by atoms with E-state index in [1.54, 1.807) is 11.6 Å². The molecule has 82 valence electrons. The van der Waals surface area contributed by atoms with Crippen molar-refractivity contribution < 1.29 is 5.21 Å². The summed E-state index contributed by atoms with van der Waals surface area (Å²) >= 11 is 0. The second-order valence-electron chi connectivity index (χ2n) is 3.26. The third kappa shape index (κ3) is 1.60. The summed E-state index contributed by atoms with van der Waals surface area (Å²) in [6, 6.07) is 9.52. The highest BCUT2D eigenvalue weighted by Crippen LogP contribution is 2.11.